The first-order chi connectivity index (χ1) is 3.46. The Hall–Kier alpha value is 0.492. The highest BCUT2D eigenvalue weighted by atomic mass is 27.2. The van der Waals surface area contributed by atoms with Crippen LogP contribution in [0.5, 0.6) is 0 Å². The summed E-state index contributed by atoms with van der Waals surface area (Å²) >= 11 is -0.139. The number of nitrogens with two attached hydrogens (primary N) is 1. The molecule has 0 atom stereocenters. The molecule has 1 nitrogen and oxygen atoms in total. The van der Waals surface area contributed by atoms with E-state index in [4.69, 9.17) is 5.73 Å². The van der Waals surface area contributed by atoms with E-state index in [1.807, 2.05) is 13.8 Å². The second-order valence-electron chi connectivity index (χ2n) is 2.98. The van der Waals surface area contributed by atoms with E-state index in [0.717, 1.165) is 0 Å². The third-order valence-electron chi connectivity index (χ3n) is 0. The van der Waals surface area contributed by atoms with Gasteiger partial charge in [0.15, 0.2) is 0 Å². The zero-order valence-corrected chi connectivity index (χ0v) is 7.89. The minimum Gasteiger partial charge on any atom is -0.328 e. The minimum absolute atomic E-state index is 0.139. The SMILES string of the molecule is CC(C)N.[CH3][Al]([CH3])[CH3]. The molecule has 2 heteroatoms. The molecule has 0 fully saturated rings. The Balaban J connectivity index is 0. The Labute approximate surface area is 57.7 Å². The first kappa shape index (κ1) is 11.3. The maximum absolute atomic E-state index is 5.11. The summed E-state index contributed by atoms with van der Waals surface area (Å²) in [5.41, 5.74) is 5.11. The zero-order valence-electron chi connectivity index (χ0n) is 6.73. The van der Waals surface area contributed by atoms with Gasteiger partial charge in [-0.05, 0) is 6.04 Å². The van der Waals surface area contributed by atoms with Crippen molar-refractivity contribution < 1.29 is 0 Å². The molecule has 8 heavy (non-hydrogen) atoms. The Morgan fingerprint density at radius 3 is 1.12 bits per heavy atom. The summed E-state index contributed by atoms with van der Waals surface area (Å²) in [7, 11) is 0. The van der Waals surface area contributed by atoms with E-state index >= 15 is 0 Å². The standard InChI is InChI=1S/C3H9N.3CH3.Al/c1-3(2)4;;;;/h3H,4H2,1-2H3;3*1H3;. The van der Waals surface area contributed by atoms with Crippen LogP contribution >= 0.6 is 0 Å². The van der Waals surface area contributed by atoms with Crippen LogP contribution in [-0.4, -0.2) is 20.2 Å². The van der Waals surface area contributed by atoms with Gasteiger partial charge >= 0.3 is 0 Å². The van der Waals surface area contributed by atoms with Crippen molar-refractivity contribution in [3.8, 4) is 0 Å². The summed E-state index contributed by atoms with van der Waals surface area (Å²) in [6, 6.07) is 0.333. The van der Waals surface area contributed by atoms with E-state index in [9.17, 15) is 0 Å². The minimum atomic E-state index is -0.139. The molecule has 0 unspecified atom stereocenters. The second kappa shape index (κ2) is 7.49. The molecular formula is C6H18AlN. The van der Waals surface area contributed by atoms with Crippen LogP contribution in [0, 0.1) is 0 Å². The normalized spacial score (nSPS) is 7.88. The van der Waals surface area contributed by atoms with E-state index in [-0.39, 0.29) is 14.1 Å². The van der Waals surface area contributed by atoms with Crippen LogP contribution in [0.15, 0.2) is 0 Å². The average Bonchev–Trinajstić information content (AvgIpc) is 1.25. The van der Waals surface area contributed by atoms with Gasteiger partial charge < -0.3 is 5.73 Å². The maximum Gasteiger partial charge on any atom is 0.251 e. The van der Waals surface area contributed by atoms with Crippen LogP contribution in [0.4, 0.5) is 0 Å². The van der Waals surface area contributed by atoms with Crippen molar-refractivity contribution in [2.75, 3.05) is 0 Å². The van der Waals surface area contributed by atoms with Crippen molar-refractivity contribution in [2.45, 2.75) is 37.2 Å². The van der Waals surface area contributed by atoms with Crippen molar-refractivity contribution in [1.82, 2.24) is 0 Å². The lowest BCUT2D eigenvalue weighted by molar-refractivity contribution is 0.834. The average molecular weight is 131 g/mol. The fraction of sp³-hybridized carbons (Fsp3) is 1.00. The summed E-state index contributed by atoms with van der Waals surface area (Å²) in [4.78, 5) is 0. The van der Waals surface area contributed by atoms with Gasteiger partial charge in [-0.2, -0.15) is 0 Å². The molecule has 0 heterocycles. The Morgan fingerprint density at radius 1 is 1.12 bits per heavy atom. The van der Waals surface area contributed by atoms with Gasteiger partial charge in [0, 0.05) is 0 Å². The number of rotatable bonds is 0. The van der Waals surface area contributed by atoms with E-state index in [1.54, 1.807) is 0 Å². The van der Waals surface area contributed by atoms with Gasteiger partial charge in [-0.3, -0.25) is 0 Å². The van der Waals surface area contributed by atoms with Gasteiger partial charge in [-0.15, -0.1) is 17.4 Å². The summed E-state index contributed by atoms with van der Waals surface area (Å²) in [5.74, 6) is 6.92. The molecule has 0 aromatic heterocycles. The third-order valence-corrected chi connectivity index (χ3v) is 0. The predicted octanol–water partition coefficient (Wildman–Crippen LogP) is 1.72. The smallest absolute Gasteiger partial charge is 0.251 e. The summed E-state index contributed by atoms with van der Waals surface area (Å²) < 4.78 is 0. The van der Waals surface area contributed by atoms with Gasteiger partial charge in [0.2, 0.25) is 0 Å². The molecule has 0 saturated heterocycles. The molecule has 0 saturated carbocycles. The Morgan fingerprint density at radius 2 is 1.12 bits per heavy atom. The highest BCUT2D eigenvalue weighted by Crippen LogP contribution is 1.68. The first-order valence-corrected chi connectivity index (χ1v) is 6.68. The molecule has 50 valence electrons. The van der Waals surface area contributed by atoms with E-state index in [2.05, 4.69) is 17.4 Å². The lowest BCUT2D eigenvalue weighted by atomic mass is 10.5. The molecule has 0 radical (unpaired) electrons. The molecule has 0 aliphatic heterocycles. The highest BCUT2D eigenvalue weighted by molar-refractivity contribution is 6.54. The van der Waals surface area contributed by atoms with Crippen molar-refractivity contribution in [3.63, 3.8) is 0 Å². The lowest BCUT2D eigenvalue weighted by Gasteiger charge is -1.81. The molecule has 0 amide bonds. The van der Waals surface area contributed by atoms with Crippen LogP contribution in [0.25, 0.3) is 0 Å². The van der Waals surface area contributed by atoms with Crippen molar-refractivity contribution >= 4 is 14.1 Å². The second-order valence-corrected chi connectivity index (χ2v) is 6.44. The molecule has 0 aliphatic rings. The zero-order chi connectivity index (χ0) is 7.15. The van der Waals surface area contributed by atoms with Crippen molar-refractivity contribution in [3.05, 3.63) is 0 Å². The fourth-order valence-corrected chi connectivity index (χ4v) is 0. The summed E-state index contributed by atoms with van der Waals surface area (Å²) in [6.07, 6.45) is 0. The Bertz CT molecular complexity index is 24.0. The fourth-order valence-electron chi connectivity index (χ4n) is 0. The molecule has 0 bridgehead atoms. The first-order valence-electron chi connectivity index (χ1n) is 3.22. The summed E-state index contributed by atoms with van der Waals surface area (Å²) in [6.45, 7) is 3.89. The largest absolute Gasteiger partial charge is 0.328 e. The molecule has 0 rings (SSSR count). The van der Waals surface area contributed by atoms with Crippen LogP contribution in [0.1, 0.15) is 13.8 Å². The molecule has 0 aliphatic carbocycles. The molecule has 0 aromatic rings. The quantitative estimate of drug-likeness (QED) is 0.498. The van der Waals surface area contributed by atoms with Crippen LogP contribution in [0.3, 0.4) is 0 Å². The third kappa shape index (κ3) is 808. The van der Waals surface area contributed by atoms with Gasteiger partial charge in [0.1, 0.15) is 0 Å². The van der Waals surface area contributed by atoms with E-state index < -0.39 is 0 Å². The van der Waals surface area contributed by atoms with Gasteiger partial charge in [-0.25, -0.2) is 0 Å². The maximum atomic E-state index is 5.11. The number of hydrogen-bond acceptors (Lipinski definition) is 1. The summed E-state index contributed by atoms with van der Waals surface area (Å²) in [5, 5.41) is 0. The monoisotopic (exact) mass is 131 g/mol. The molecule has 0 spiro atoms. The van der Waals surface area contributed by atoms with Crippen LogP contribution < -0.4 is 5.73 Å². The van der Waals surface area contributed by atoms with Crippen molar-refractivity contribution in [1.29, 1.82) is 0 Å². The van der Waals surface area contributed by atoms with E-state index in [0.29, 0.717) is 6.04 Å². The van der Waals surface area contributed by atoms with Crippen LogP contribution in [0.2, 0.25) is 17.4 Å². The van der Waals surface area contributed by atoms with E-state index in [1.165, 1.54) is 0 Å². The van der Waals surface area contributed by atoms with Gasteiger partial charge in [-0.1, -0.05) is 13.8 Å². The molecular weight excluding hydrogens is 113 g/mol. The molecule has 2 N–H and O–H groups in total. The topological polar surface area (TPSA) is 26.0 Å². The molecule has 0 aromatic carbocycles. The van der Waals surface area contributed by atoms with Crippen LogP contribution in [-0.2, 0) is 0 Å². The van der Waals surface area contributed by atoms with Gasteiger partial charge in [0.25, 0.3) is 14.1 Å². The lowest BCUT2D eigenvalue weighted by Crippen LogP contribution is -2.06. The van der Waals surface area contributed by atoms with Crippen molar-refractivity contribution in [2.24, 2.45) is 5.73 Å². The number of hydrogen-bond donors (Lipinski definition) is 1. The predicted molar refractivity (Wildman–Crippen MR) is 42.7 cm³/mol. The van der Waals surface area contributed by atoms with Gasteiger partial charge in [0.05, 0.1) is 0 Å². The Kier molecular flexibility index (Phi) is 10.6. The highest BCUT2D eigenvalue weighted by Gasteiger charge is 1.81.